The van der Waals surface area contributed by atoms with Gasteiger partial charge in [0.25, 0.3) is 0 Å². The van der Waals surface area contributed by atoms with E-state index in [2.05, 4.69) is 22.6 Å². The van der Waals surface area contributed by atoms with E-state index in [4.69, 9.17) is 9.47 Å². The fourth-order valence-electron chi connectivity index (χ4n) is 1.80. The number of rotatable bonds is 4. The summed E-state index contributed by atoms with van der Waals surface area (Å²) in [6.07, 6.45) is 0. The first-order valence-electron chi connectivity index (χ1n) is 5.92. The van der Waals surface area contributed by atoms with E-state index in [1.54, 1.807) is 11.3 Å². The van der Waals surface area contributed by atoms with Gasteiger partial charge in [0, 0.05) is 17.5 Å². The van der Waals surface area contributed by atoms with Crippen molar-refractivity contribution in [2.24, 2.45) is 0 Å². The molecule has 1 aliphatic heterocycles. The average molecular weight is 262 g/mol. The molecule has 94 valence electrons. The molecule has 3 rings (SSSR count). The van der Waals surface area contributed by atoms with Crippen LogP contribution in [-0.4, -0.2) is 18.3 Å². The van der Waals surface area contributed by atoms with Crippen LogP contribution in [0.1, 0.15) is 12.6 Å². The van der Waals surface area contributed by atoms with Crippen LogP contribution < -0.4 is 14.8 Å². The Bertz CT molecular complexity index is 554. The molecule has 5 heteroatoms. The number of hydrogen-bond donors (Lipinski definition) is 1. The van der Waals surface area contributed by atoms with Crippen LogP contribution in [-0.2, 0) is 6.54 Å². The second-order valence-electron chi connectivity index (χ2n) is 3.99. The van der Waals surface area contributed by atoms with Gasteiger partial charge in [-0.2, -0.15) is 0 Å². The van der Waals surface area contributed by atoms with Gasteiger partial charge in [-0.25, -0.2) is 4.98 Å². The SMILES string of the molecule is CCNCc1csc(-c2ccc3c(c2)OCO3)n1. The van der Waals surface area contributed by atoms with Crippen LogP contribution >= 0.6 is 11.3 Å². The van der Waals surface area contributed by atoms with Crippen LogP contribution in [0.4, 0.5) is 0 Å². The largest absolute Gasteiger partial charge is 0.454 e. The molecule has 2 aromatic rings. The van der Waals surface area contributed by atoms with E-state index in [-0.39, 0.29) is 0 Å². The van der Waals surface area contributed by atoms with Crippen molar-refractivity contribution in [2.75, 3.05) is 13.3 Å². The Morgan fingerprint density at radius 2 is 2.22 bits per heavy atom. The number of nitrogens with one attached hydrogen (secondary N) is 1. The Kier molecular flexibility index (Phi) is 3.17. The molecule has 1 aromatic heterocycles. The zero-order valence-corrected chi connectivity index (χ0v) is 10.9. The number of fused-ring (bicyclic) bond motifs is 1. The zero-order valence-electron chi connectivity index (χ0n) is 10.1. The maximum absolute atomic E-state index is 5.37. The lowest BCUT2D eigenvalue weighted by molar-refractivity contribution is 0.174. The van der Waals surface area contributed by atoms with Gasteiger partial charge < -0.3 is 14.8 Å². The van der Waals surface area contributed by atoms with E-state index < -0.39 is 0 Å². The van der Waals surface area contributed by atoms with Crippen LogP contribution in [0.15, 0.2) is 23.6 Å². The topological polar surface area (TPSA) is 43.4 Å². The van der Waals surface area contributed by atoms with Crippen molar-refractivity contribution in [3.63, 3.8) is 0 Å². The third-order valence-electron chi connectivity index (χ3n) is 2.73. The van der Waals surface area contributed by atoms with E-state index in [0.717, 1.165) is 40.9 Å². The van der Waals surface area contributed by atoms with Gasteiger partial charge in [-0.3, -0.25) is 0 Å². The van der Waals surface area contributed by atoms with E-state index in [1.165, 1.54) is 0 Å². The summed E-state index contributed by atoms with van der Waals surface area (Å²) in [5.41, 5.74) is 2.15. The molecular formula is C13H14N2O2S. The van der Waals surface area contributed by atoms with E-state index in [0.29, 0.717) is 6.79 Å². The Labute approximate surface area is 110 Å². The number of ether oxygens (including phenoxy) is 2. The molecule has 0 bridgehead atoms. The Morgan fingerprint density at radius 3 is 3.11 bits per heavy atom. The summed E-state index contributed by atoms with van der Waals surface area (Å²) in [5.74, 6) is 1.61. The normalized spacial score (nSPS) is 12.9. The lowest BCUT2D eigenvalue weighted by atomic mass is 10.2. The molecular weight excluding hydrogens is 248 g/mol. The highest BCUT2D eigenvalue weighted by molar-refractivity contribution is 7.13. The predicted molar refractivity (Wildman–Crippen MR) is 71.1 cm³/mol. The molecule has 0 aliphatic carbocycles. The maximum atomic E-state index is 5.37. The Morgan fingerprint density at radius 1 is 1.33 bits per heavy atom. The quantitative estimate of drug-likeness (QED) is 0.920. The molecule has 0 radical (unpaired) electrons. The number of thiazole rings is 1. The molecule has 1 aliphatic rings. The van der Waals surface area contributed by atoms with Gasteiger partial charge in [0.1, 0.15) is 5.01 Å². The first-order chi connectivity index (χ1) is 8.86. The minimum atomic E-state index is 0.308. The van der Waals surface area contributed by atoms with Crippen LogP contribution in [0.2, 0.25) is 0 Å². The Hall–Kier alpha value is -1.59. The Balaban J connectivity index is 1.83. The summed E-state index contributed by atoms with van der Waals surface area (Å²) in [7, 11) is 0. The standard InChI is InChI=1S/C13H14N2O2S/c1-2-14-6-10-7-18-13(15-10)9-3-4-11-12(5-9)17-8-16-11/h3-5,7,14H,2,6,8H2,1H3. The molecule has 0 saturated carbocycles. The zero-order chi connectivity index (χ0) is 12.4. The minimum absolute atomic E-state index is 0.308. The second-order valence-corrected chi connectivity index (χ2v) is 4.85. The average Bonchev–Trinajstić information content (AvgIpc) is 3.04. The fourth-order valence-corrected chi connectivity index (χ4v) is 2.62. The summed E-state index contributed by atoms with van der Waals surface area (Å²) in [4.78, 5) is 4.60. The van der Waals surface area contributed by atoms with Crippen molar-refractivity contribution >= 4 is 11.3 Å². The highest BCUT2D eigenvalue weighted by Crippen LogP contribution is 2.36. The molecule has 18 heavy (non-hydrogen) atoms. The van der Waals surface area contributed by atoms with Crippen LogP contribution in [0, 0.1) is 0 Å². The molecule has 0 amide bonds. The van der Waals surface area contributed by atoms with Crippen molar-refractivity contribution < 1.29 is 9.47 Å². The monoisotopic (exact) mass is 262 g/mol. The molecule has 0 unspecified atom stereocenters. The molecule has 0 saturated heterocycles. The number of hydrogen-bond acceptors (Lipinski definition) is 5. The van der Waals surface area contributed by atoms with Gasteiger partial charge >= 0.3 is 0 Å². The van der Waals surface area contributed by atoms with Crippen LogP contribution in [0.3, 0.4) is 0 Å². The van der Waals surface area contributed by atoms with E-state index in [9.17, 15) is 0 Å². The van der Waals surface area contributed by atoms with E-state index in [1.807, 2.05) is 18.2 Å². The molecule has 4 nitrogen and oxygen atoms in total. The highest BCUT2D eigenvalue weighted by Gasteiger charge is 2.15. The lowest BCUT2D eigenvalue weighted by Crippen LogP contribution is -2.11. The number of benzene rings is 1. The van der Waals surface area contributed by atoms with Crippen molar-refractivity contribution in [3.8, 4) is 22.1 Å². The highest BCUT2D eigenvalue weighted by atomic mass is 32.1. The lowest BCUT2D eigenvalue weighted by Gasteiger charge is -1.99. The molecule has 1 N–H and O–H groups in total. The van der Waals surface area contributed by atoms with Crippen molar-refractivity contribution in [3.05, 3.63) is 29.3 Å². The summed E-state index contributed by atoms with van der Waals surface area (Å²) < 4.78 is 10.7. The fraction of sp³-hybridized carbons (Fsp3) is 0.308. The second kappa shape index (κ2) is 4.96. The van der Waals surface area contributed by atoms with Crippen molar-refractivity contribution in [2.45, 2.75) is 13.5 Å². The molecule has 0 atom stereocenters. The minimum Gasteiger partial charge on any atom is -0.454 e. The summed E-state index contributed by atoms with van der Waals surface area (Å²) in [6.45, 7) is 4.17. The number of nitrogens with zero attached hydrogens (tertiary/aromatic N) is 1. The van der Waals surface area contributed by atoms with Crippen molar-refractivity contribution in [1.82, 2.24) is 10.3 Å². The number of aromatic nitrogens is 1. The van der Waals surface area contributed by atoms with Gasteiger partial charge in [0.05, 0.1) is 5.69 Å². The third-order valence-corrected chi connectivity index (χ3v) is 3.67. The van der Waals surface area contributed by atoms with Crippen LogP contribution in [0.25, 0.3) is 10.6 Å². The maximum Gasteiger partial charge on any atom is 0.231 e. The van der Waals surface area contributed by atoms with Gasteiger partial charge in [-0.05, 0) is 24.7 Å². The molecule has 0 fully saturated rings. The van der Waals surface area contributed by atoms with Crippen molar-refractivity contribution in [1.29, 1.82) is 0 Å². The van der Waals surface area contributed by atoms with Gasteiger partial charge in [0.15, 0.2) is 11.5 Å². The molecule has 2 heterocycles. The first-order valence-corrected chi connectivity index (χ1v) is 6.80. The summed E-state index contributed by atoms with van der Waals surface area (Å²) in [6, 6.07) is 5.94. The molecule has 1 aromatic carbocycles. The van der Waals surface area contributed by atoms with Gasteiger partial charge in [0.2, 0.25) is 6.79 Å². The third kappa shape index (κ3) is 2.19. The summed E-state index contributed by atoms with van der Waals surface area (Å²) >= 11 is 1.65. The summed E-state index contributed by atoms with van der Waals surface area (Å²) in [5, 5.41) is 6.37. The predicted octanol–water partition coefficient (Wildman–Crippen LogP) is 2.65. The van der Waals surface area contributed by atoms with Crippen LogP contribution in [0.5, 0.6) is 11.5 Å². The van der Waals surface area contributed by atoms with E-state index >= 15 is 0 Å². The first kappa shape index (κ1) is 11.5. The van der Waals surface area contributed by atoms with Gasteiger partial charge in [-0.1, -0.05) is 6.92 Å². The van der Waals surface area contributed by atoms with Gasteiger partial charge in [-0.15, -0.1) is 11.3 Å². The molecule has 0 spiro atoms. The smallest absolute Gasteiger partial charge is 0.231 e.